The molecule has 0 atom stereocenters. The van der Waals surface area contributed by atoms with Gasteiger partial charge in [0.25, 0.3) is 5.69 Å². The zero-order valence-corrected chi connectivity index (χ0v) is 11.5. The van der Waals surface area contributed by atoms with Crippen LogP contribution in [0, 0.1) is 15.5 Å². The molecule has 1 aromatic rings. The Morgan fingerprint density at radius 2 is 2.17 bits per heavy atom. The summed E-state index contributed by atoms with van der Waals surface area (Å²) >= 11 is 0.939. The Kier molecular flexibility index (Phi) is 6.34. The number of nitrogens with zero attached hydrogens (tertiary/aromatic N) is 1. The number of hydrogen-bond acceptors (Lipinski definition) is 5. The monoisotopic (exact) mass is 335 g/mol. The van der Waals surface area contributed by atoms with E-state index in [0.29, 0.717) is 5.56 Å². The standard InChI is InChI=1S/C9H9N3O4S.BrH/c10-9(11)17-4-6-2-1-5(8(13)14)3-7(6)12(15)16;/h1-3H,4H2,(H3,10,11)(H,13,14);1H. The molecule has 9 heteroatoms. The van der Waals surface area contributed by atoms with Crippen molar-refractivity contribution >= 4 is 45.6 Å². The lowest BCUT2D eigenvalue weighted by molar-refractivity contribution is -0.385. The van der Waals surface area contributed by atoms with E-state index in [2.05, 4.69) is 0 Å². The second kappa shape index (κ2) is 6.97. The van der Waals surface area contributed by atoms with Gasteiger partial charge in [0, 0.05) is 17.4 Å². The minimum Gasteiger partial charge on any atom is -0.478 e. The zero-order chi connectivity index (χ0) is 13.0. The molecule has 7 nitrogen and oxygen atoms in total. The molecule has 4 N–H and O–H groups in total. The highest BCUT2D eigenvalue weighted by Crippen LogP contribution is 2.24. The predicted molar refractivity (Wildman–Crippen MR) is 73.6 cm³/mol. The van der Waals surface area contributed by atoms with Gasteiger partial charge in [0.1, 0.15) is 0 Å². The summed E-state index contributed by atoms with van der Waals surface area (Å²) in [6.07, 6.45) is 0. The number of thioether (sulfide) groups is 1. The molecule has 0 aliphatic heterocycles. The second-order valence-electron chi connectivity index (χ2n) is 3.06. The largest absolute Gasteiger partial charge is 0.478 e. The lowest BCUT2D eigenvalue weighted by Crippen LogP contribution is -2.05. The van der Waals surface area contributed by atoms with Crippen molar-refractivity contribution in [2.75, 3.05) is 0 Å². The van der Waals surface area contributed by atoms with Gasteiger partial charge in [-0.15, -0.1) is 17.0 Å². The smallest absolute Gasteiger partial charge is 0.335 e. The highest BCUT2D eigenvalue weighted by molar-refractivity contribution is 8.93. The van der Waals surface area contributed by atoms with Crippen LogP contribution in [0.2, 0.25) is 0 Å². The molecule has 18 heavy (non-hydrogen) atoms. The Labute approximate surface area is 117 Å². The van der Waals surface area contributed by atoms with E-state index in [1.807, 2.05) is 0 Å². The molecular weight excluding hydrogens is 326 g/mol. The predicted octanol–water partition coefficient (Wildman–Crippen LogP) is 2.00. The number of nitro benzene ring substituents is 1. The van der Waals surface area contributed by atoms with Crippen LogP contribution < -0.4 is 5.73 Å². The first kappa shape index (κ1) is 16.4. The Morgan fingerprint density at radius 3 is 2.61 bits per heavy atom. The fourth-order valence-corrected chi connectivity index (χ4v) is 1.70. The molecule has 0 saturated heterocycles. The van der Waals surface area contributed by atoms with Crippen molar-refractivity contribution in [2.24, 2.45) is 5.73 Å². The molecule has 98 valence electrons. The van der Waals surface area contributed by atoms with Crippen LogP contribution in [0.4, 0.5) is 5.69 Å². The van der Waals surface area contributed by atoms with Gasteiger partial charge in [-0.05, 0) is 6.07 Å². The number of nitrogens with two attached hydrogens (primary N) is 1. The van der Waals surface area contributed by atoms with E-state index in [1.54, 1.807) is 0 Å². The van der Waals surface area contributed by atoms with Crippen LogP contribution in [0.15, 0.2) is 18.2 Å². The molecule has 0 unspecified atom stereocenters. The Hall–Kier alpha value is -1.61. The second-order valence-corrected chi connectivity index (χ2v) is 4.08. The number of benzene rings is 1. The summed E-state index contributed by atoms with van der Waals surface area (Å²) in [5, 5.41) is 26.3. The van der Waals surface area contributed by atoms with Gasteiger partial charge >= 0.3 is 5.97 Å². The normalized spacial score (nSPS) is 9.33. The first-order chi connectivity index (χ1) is 7.91. The van der Waals surface area contributed by atoms with E-state index in [-0.39, 0.29) is 39.2 Å². The lowest BCUT2D eigenvalue weighted by atomic mass is 10.1. The minimum absolute atomic E-state index is 0. The van der Waals surface area contributed by atoms with Gasteiger partial charge in [-0.25, -0.2) is 4.79 Å². The molecule has 0 radical (unpaired) electrons. The molecule has 0 saturated carbocycles. The third-order valence-electron chi connectivity index (χ3n) is 1.91. The highest BCUT2D eigenvalue weighted by atomic mass is 79.9. The van der Waals surface area contributed by atoms with Gasteiger partial charge in [-0.1, -0.05) is 17.8 Å². The third kappa shape index (κ3) is 4.34. The maximum Gasteiger partial charge on any atom is 0.335 e. The summed E-state index contributed by atoms with van der Waals surface area (Å²) in [6, 6.07) is 3.64. The molecule has 0 fully saturated rings. The summed E-state index contributed by atoms with van der Waals surface area (Å²) in [4.78, 5) is 20.8. The topological polar surface area (TPSA) is 130 Å². The van der Waals surface area contributed by atoms with Gasteiger partial charge in [0.2, 0.25) is 0 Å². The van der Waals surface area contributed by atoms with Crippen molar-refractivity contribution in [3.63, 3.8) is 0 Å². The summed E-state index contributed by atoms with van der Waals surface area (Å²) in [7, 11) is 0. The number of nitrogens with one attached hydrogen (secondary N) is 1. The Morgan fingerprint density at radius 1 is 1.56 bits per heavy atom. The number of hydrogen-bond donors (Lipinski definition) is 3. The fraction of sp³-hybridized carbons (Fsp3) is 0.111. The molecule has 0 bridgehead atoms. The fourth-order valence-electron chi connectivity index (χ4n) is 1.14. The lowest BCUT2D eigenvalue weighted by Gasteiger charge is -2.03. The van der Waals surface area contributed by atoms with Crippen LogP contribution in [0.3, 0.4) is 0 Å². The molecule has 0 aliphatic carbocycles. The average Bonchev–Trinajstić information content (AvgIpc) is 2.25. The number of carboxylic acid groups (broad SMARTS) is 1. The van der Waals surface area contributed by atoms with Crippen molar-refractivity contribution in [3.05, 3.63) is 39.4 Å². The number of rotatable bonds is 4. The van der Waals surface area contributed by atoms with Crippen LogP contribution in [-0.2, 0) is 5.75 Å². The van der Waals surface area contributed by atoms with E-state index < -0.39 is 10.9 Å². The summed E-state index contributed by atoms with van der Waals surface area (Å²) in [5.74, 6) is -1.06. The first-order valence-corrected chi connectivity index (χ1v) is 5.38. The van der Waals surface area contributed by atoms with Crippen molar-refractivity contribution in [3.8, 4) is 0 Å². The number of amidine groups is 1. The van der Waals surface area contributed by atoms with E-state index in [0.717, 1.165) is 17.8 Å². The Bertz CT molecular complexity index is 495. The van der Waals surface area contributed by atoms with Crippen molar-refractivity contribution in [2.45, 2.75) is 5.75 Å². The molecule has 1 rings (SSSR count). The molecule has 0 heterocycles. The van der Waals surface area contributed by atoms with Gasteiger partial charge in [-0.2, -0.15) is 0 Å². The molecule has 0 aliphatic rings. The quantitative estimate of drug-likeness (QED) is 0.334. The van der Waals surface area contributed by atoms with Crippen LogP contribution in [-0.4, -0.2) is 21.2 Å². The first-order valence-electron chi connectivity index (χ1n) is 4.39. The van der Waals surface area contributed by atoms with Gasteiger partial charge in [-0.3, -0.25) is 15.5 Å². The molecule has 0 spiro atoms. The molecule has 0 aromatic heterocycles. The van der Waals surface area contributed by atoms with Crippen LogP contribution in [0.25, 0.3) is 0 Å². The number of halogens is 1. The summed E-state index contributed by atoms with van der Waals surface area (Å²) in [6.45, 7) is 0. The molecule has 0 amide bonds. The van der Waals surface area contributed by atoms with E-state index >= 15 is 0 Å². The van der Waals surface area contributed by atoms with E-state index in [9.17, 15) is 14.9 Å². The average molecular weight is 336 g/mol. The number of nitro groups is 1. The van der Waals surface area contributed by atoms with Crippen molar-refractivity contribution < 1.29 is 14.8 Å². The summed E-state index contributed by atoms with van der Waals surface area (Å²) in [5.41, 5.74) is 5.04. The van der Waals surface area contributed by atoms with Crippen molar-refractivity contribution in [1.29, 1.82) is 5.41 Å². The number of carbonyl (C=O) groups is 1. The maximum atomic E-state index is 10.8. The number of carboxylic acids is 1. The third-order valence-corrected chi connectivity index (χ3v) is 2.68. The van der Waals surface area contributed by atoms with Crippen molar-refractivity contribution in [1.82, 2.24) is 0 Å². The Balaban J connectivity index is 0.00000289. The van der Waals surface area contributed by atoms with Gasteiger partial charge in [0.15, 0.2) is 5.17 Å². The van der Waals surface area contributed by atoms with Gasteiger partial charge < -0.3 is 10.8 Å². The van der Waals surface area contributed by atoms with Crippen LogP contribution >= 0.6 is 28.7 Å². The van der Waals surface area contributed by atoms with Crippen LogP contribution in [0.1, 0.15) is 15.9 Å². The van der Waals surface area contributed by atoms with Crippen LogP contribution in [0.5, 0.6) is 0 Å². The maximum absolute atomic E-state index is 10.8. The SMILES string of the molecule is Br.N=C(N)SCc1ccc(C(=O)O)cc1[N+](=O)[O-]. The highest BCUT2D eigenvalue weighted by Gasteiger charge is 2.17. The zero-order valence-electron chi connectivity index (χ0n) is 8.95. The number of aromatic carboxylic acids is 1. The molecule has 1 aromatic carbocycles. The summed E-state index contributed by atoms with van der Waals surface area (Å²) < 4.78 is 0. The minimum atomic E-state index is -1.22. The molecular formula is C9H10BrN3O4S. The van der Waals surface area contributed by atoms with Gasteiger partial charge in [0.05, 0.1) is 10.5 Å². The van der Waals surface area contributed by atoms with E-state index in [1.165, 1.54) is 12.1 Å². The van der Waals surface area contributed by atoms with E-state index in [4.69, 9.17) is 16.2 Å².